The molecule has 0 aromatic carbocycles. The maximum atomic E-state index is 5.75. The maximum Gasteiger partial charge on any atom is -0.00460 e. The molecule has 0 spiro atoms. The van der Waals surface area contributed by atoms with Gasteiger partial charge in [0.15, 0.2) is 0 Å². The smallest absolute Gasteiger partial charge is 0.00460 e. The lowest BCUT2D eigenvalue weighted by atomic mass is 9.79. The fraction of sp³-hybridized carbons (Fsp3) is 1.00. The lowest BCUT2D eigenvalue weighted by Crippen LogP contribution is -2.27. The Morgan fingerprint density at radius 2 is 1.75 bits per heavy atom. The van der Waals surface area contributed by atoms with Crippen LogP contribution in [0.1, 0.15) is 25.7 Å². The van der Waals surface area contributed by atoms with E-state index in [0.717, 1.165) is 36.8 Å². The second kappa shape index (κ2) is 3.35. The molecule has 0 radical (unpaired) electrons. The summed E-state index contributed by atoms with van der Waals surface area (Å²) in [5.74, 6) is 3.69. The molecular formula is C10H20N2. The van der Waals surface area contributed by atoms with Crippen molar-refractivity contribution in [3.05, 3.63) is 0 Å². The van der Waals surface area contributed by atoms with Gasteiger partial charge in [0.25, 0.3) is 0 Å². The molecule has 2 fully saturated rings. The molecule has 12 heavy (non-hydrogen) atoms. The lowest BCUT2D eigenvalue weighted by Gasteiger charge is -2.28. The highest BCUT2D eigenvalue weighted by molar-refractivity contribution is 4.95. The summed E-state index contributed by atoms with van der Waals surface area (Å²) < 4.78 is 0. The summed E-state index contributed by atoms with van der Waals surface area (Å²) in [6.07, 6.45) is 5.53. The summed E-state index contributed by atoms with van der Waals surface area (Å²) in [6.45, 7) is 1.77. The summed E-state index contributed by atoms with van der Waals surface area (Å²) in [4.78, 5) is 0. The fourth-order valence-corrected chi connectivity index (χ4v) is 3.47. The molecule has 70 valence electrons. The Labute approximate surface area is 74.7 Å². The van der Waals surface area contributed by atoms with Crippen LogP contribution in [0, 0.1) is 23.7 Å². The third-order valence-corrected chi connectivity index (χ3v) is 3.93. The number of hydrogen-bond donors (Lipinski definition) is 2. The third-order valence-electron chi connectivity index (χ3n) is 3.93. The average molecular weight is 168 g/mol. The molecule has 2 saturated carbocycles. The molecule has 0 aromatic rings. The Kier molecular flexibility index (Phi) is 2.37. The van der Waals surface area contributed by atoms with Gasteiger partial charge < -0.3 is 11.5 Å². The van der Waals surface area contributed by atoms with Crippen molar-refractivity contribution in [3.8, 4) is 0 Å². The van der Waals surface area contributed by atoms with Crippen LogP contribution < -0.4 is 11.5 Å². The van der Waals surface area contributed by atoms with E-state index in [1.807, 2.05) is 0 Å². The van der Waals surface area contributed by atoms with E-state index in [4.69, 9.17) is 11.5 Å². The van der Waals surface area contributed by atoms with Gasteiger partial charge in [-0.15, -0.1) is 0 Å². The van der Waals surface area contributed by atoms with Crippen molar-refractivity contribution in [2.45, 2.75) is 25.7 Å². The van der Waals surface area contributed by atoms with Gasteiger partial charge in [-0.05, 0) is 62.4 Å². The van der Waals surface area contributed by atoms with Crippen LogP contribution in [-0.4, -0.2) is 13.1 Å². The SMILES string of the molecule is NCCC1CC2CC(CN)C1C2. The first-order valence-electron chi connectivity index (χ1n) is 5.25. The van der Waals surface area contributed by atoms with Crippen molar-refractivity contribution in [1.29, 1.82) is 0 Å². The normalized spacial score (nSPS) is 45.5. The number of fused-ring (bicyclic) bond motifs is 2. The summed E-state index contributed by atoms with van der Waals surface area (Å²) in [7, 11) is 0. The van der Waals surface area contributed by atoms with Gasteiger partial charge in [-0.3, -0.25) is 0 Å². The first-order chi connectivity index (χ1) is 5.85. The molecule has 4 atom stereocenters. The molecule has 0 aliphatic heterocycles. The largest absolute Gasteiger partial charge is 0.330 e. The van der Waals surface area contributed by atoms with E-state index in [2.05, 4.69) is 0 Å². The van der Waals surface area contributed by atoms with Crippen LogP contribution in [0.5, 0.6) is 0 Å². The molecule has 2 bridgehead atoms. The molecule has 2 nitrogen and oxygen atoms in total. The van der Waals surface area contributed by atoms with Crippen molar-refractivity contribution in [2.75, 3.05) is 13.1 Å². The summed E-state index contributed by atoms with van der Waals surface area (Å²) in [5.41, 5.74) is 11.3. The van der Waals surface area contributed by atoms with Crippen molar-refractivity contribution in [1.82, 2.24) is 0 Å². The number of rotatable bonds is 3. The molecule has 2 aliphatic carbocycles. The summed E-state index contributed by atoms with van der Waals surface area (Å²) >= 11 is 0. The van der Waals surface area contributed by atoms with Crippen LogP contribution in [0.2, 0.25) is 0 Å². The standard InChI is InChI=1S/C10H20N2/c11-2-1-8-3-7-4-9(6-12)10(8)5-7/h7-10H,1-6,11-12H2. The minimum absolute atomic E-state index is 0.834. The molecule has 0 amide bonds. The maximum absolute atomic E-state index is 5.75. The van der Waals surface area contributed by atoms with E-state index in [1.54, 1.807) is 0 Å². The molecule has 4 unspecified atom stereocenters. The highest BCUT2D eigenvalue weighted by atomic mass is 14.6. The molecule has 2 rings (SSSR count). The third kappa shape index (κ3) is 1.27. The van der Waals surface area contributed by atoms with Gasteiger partial charge in [0.1, 0.15) is 0 Å². The van der Waals surface area contributed by atoms with E-state index in [9.17, 15) is 0 Å². The van der Waals surface area contributed by atoms with E-state index < -0.39 is 0 Å². The van der Waals surface area contributed by atoms with Gasteiger partial charge in [-0.25, -0.2) is 0 Å². The summed E-state index contributed by atoms with van der Waals surface area (Å²) in [5, 5.41) is 0. The van der Waals surface area contributed by atoms with E-state index >= 15 is 0 Å². The minimum Gasteiger partial charge on any atom is -0.330 e. The highest BCUT2D eigenvalue weighted by Gasteiger charge is 2.44. The van der Waals surface area contributed by atoms with Crippen molar-refractivity contribution >= 4 is 0 Å². The Bertz CT molecular complexity index is 156. The van der Waals surface area contributed by atoms with Gasteiger partial charge in [0, 0.05) is 0 Å². The Balaban J connectivity index is 1.95. The van der Waals surface area contributed by atoms with E-state index in [0.29, 0.717) is 0 Å². The molecule has 2 heteroatoms. The van der Waals surface area contributed by atoms with Crippen LogP contribution in [0.3, 0.4) is 0 Å². The van der Waals surface area contributed by atoms with Gasteiger partial charge in [-0.1, -0.05) is 0 Å². The zero-order valence-electron chi connectivity index (χ0n) is 7.71. The van der Waals surface area contributed by atoms with Crippen LogP contribution in [0.4, 0.5) is 0 Å². The fourth-order valence-electron chi connectivity index (χ4n) is 3.47. The lowest BCUT2D eigenvalue weighted by molar-refractivity contribution is 0.234. The first kappa shape index (κ1) is 8.52. The second-order valence-electron chi connectivity index (χ2n) is 4.57. The van der Waals surface area contributed by atoms with Gasteiger partial charge >= 0.3 is 0 Å². The minimum atomic E-state index is 0.834. The highest BCUT2D eigenvalue weighted by Crippen LogP contribution is 2.52. The molecule has 0 saturated heterocycles. The predicted octanol–water partition coefficient (Wildman–Crippen LogP) is 0.956. The topological polar surface area (TPSA) is 52.0 Å². The van der Waals surface area contributed by atoms with Crippen LogP contribution in [0.15, 0.2) is 0 Å². The van der Waals surface area contributed by atoms with Crippen LogP contribution >= 0.6 is 0 Å². The van der Waals surface area contributed by atoms with Gasteiger partial charge in [-0.2, -0.15) is 0 Å². The molecule has 0 heterocycles. The molecule has 0 aromatic heterocycles. The quantitative estimate of drug-likeness (QED) is 0.659. The molecule has 4 N–H and O–H groups in total. The molecular weight excluding hydrogens is 148 g/mol. The predicted molar refractivity (Wildman–Crippen MR) is 50.5 cm³/mol. The van der Waals surface area contributed by atoms with Crippen LogP contribution in [-0.2, 0) is 0 Å². The van der Waals surface area contributed by atoms with Crippen LogP contribution in [0.25, 0.3) is 0 Å². The van der Waals surface area contributed by atoms with E-state index in [-0.39, 0.29) is 0 Å². The van der Waals surface area contributed by atoms with Gasteiger partial charge in [0.2, 0.25) is 0 Å². The van der Waals surface area contributed by atoms with Crippen molar-refractivity contribution in [2.24, 2.45) is 35.1 Å². The molecule has 2 aliphatic rings. The number of hydrogen-bond acceptors (Lipinski definition) is 2. The zero-order chi connectivity index (χ0) is 8.55. The Hall–Kier alpha value is -0.0800. The second-order valence-corrected chi connectivity index (χ2v) is 4.57. The monoisotopic (exact) mass is 168 g/mol. The van der Waals surface area contributed by atoms with Crippen molar-refractivity contribution < 1.29 is 0 Å². The Morgan fingerprint density at radius 1 is 1.00 bits per heavy atom. The van der Waals surface area contributed by atoms with Crippen molar-refractivity contribution in [3.63, 3.8) is 0 Å². The summed E-state index contributed by atoms with van der Waals surface area (Å²) in [6, 6.07) is 0. The van der Waals surface area contributed by atoms with E-state index in [1.165, 1.54) is 25.7 Å². The number of nitrogens with two attached hydrogens (primary N) is 2. The zero-order valence-corrected chi connectivity index (χ0v) is 7.71. The first-order valence-corrected chi connectivity index (χ1v) is 5.25. The van der Waals surface area contributed by atoms with Gasteiger partial charge in [0.05, 0.1) is 0 Å². The average Bonchev–Trinajstić information content (AvgIpc) is 2.62. The Morgan fingerprint density at radius 3 is 2.33 bits per heavy atom.